The molecule has 4 aromatic rings. The summed E-state index contributed by atoms with van der Waals surface area (Å²) in [5, 5.41) is 14.6. The summed E-state index contributed by atoms with van der Waals surface area (Å²) in [6, 6.07) is 9.86. The standard InChI is InChI=1S/C20H15F3N6O/c1-11-7-8-16(27-26-11)25-19(30)17-12(2)28-29-10-9-15(24-18(17)29)13-5-3-4-6-14(13)20(21,22)23/h3-10H,1-2H3,(H,25,27,30). The summed E-state index contributed by atoms with van der Waals surface area (Å²) in [6.07, 6.45) is -3.06. The van der Waals surface area contributed by atoms with E-state index in [1.54, 1.807) is 26.0 Å². The molecule has 30 heavy (non-hydrogen) atoms. The lowest BCUT2D eigenvalue weighted by molar-refractivity contribution is -0.137. The number of anilines is 1. The summed E-state index contributed by atoms with van der Waals surface area (Å²) >= 11 is 0. The second kappa shape index (κ2) is 7.21. The number of aromatic nitrogens is 5. The molecule has 1 amide bonds. The van der Waals surface area contributed by atoms with Gasteiger partial charge in [-0.2, -0.15) is 23.4 Å². The third-order valence-electron chi connectivity index (χ3n) is 4.44. The molecule has 1 aromatic carbocycles. The fraction of sp³-hybridized carbons (Fsp3) is 0.150. The molecule has 0 aliphatic heterocycles. The molecule has 7 nitrogen and oxygen atoms in total. The van der Waals surface area contributed by atoms with Crippen LogP contribution in [0, 0.1) is 13.8 Å². The number of carbonyl (C=O) groups excluding carboxylic acids is 1. The summed E-state index contributed by atoms with van der Waals surface area (Å²) < 4.78 is 41.6. The molecular weight excluding hydrogens is 397 g/mol. The van der Waals surface area contributed by atoms with Crippen LogP contribution in [0.25, 0.3) is 16.9 Å². The van der Waals surface area contributed by atoms with Gasteiger partial charge in [0.05, 0.1) is 22.6 Å². The molecule has 0 bridgehead atoms. The summed E-state index contributed by atoms with van der Waals surface area (Å²) in [5.74, 6) is -0.294. The van der Waals surface area contributed by atoms with Gasteiger partial charge in [0.1, 0.15) is 5.56 Å². The van der Waals surface area contributed by atoms with Crippen LogP contribution in [0.5, 0.6) is 0 Å². The van der Waals surface area contributed by atoms with E-state index in [-0.39, 0.29) is 28.3 Å². The molecule has 3 aromatic heterocycles. The maximum Gasteiger partial charge on any atom is 0.417 e. The lowest BCUT2D eigenvalue weighted by Crippen LogP contribution is -2.15. The van der Waals surface area contributed by atoms with Crippen LogP contribution in [0.4, 0.5) is 19.0 Å². The molecule has 3 heterocycles. The third kappa shape index (κ3) is 3.59. The summed E-state index contributed by atoms with van der Waals surface area (Å²) in [5.41, 5.74) is 0.542. The molecule has 0 fully saturated rings. The molecule has 1 N–H and O–H groups in total. The first kappa shape index (κ1) is 19.5. The van der Waals surface area contributed by atoms with Gasteiger partial charge in [-0.1, -0.05) is 18.2 Å². The second-order valence-electron chi connectivity index (χ2n) is 6.60. The number of rotatable bonds is 3. The molecule has 0 unspecified atom stereocenters. The van der Waals surface area contributed by atoms with Gasteiger partial charge in [0.2, 0.25) is 0 Å². The Balaban J connectivity index is 1.79. The van der Waals surface area contributed by atoms with Crippen LogP contribution in [0.3, 0.4) is 0 Å². The van der Waals surface area contributed by atoms with Crippen molar-refractivity contribution in [3.05, 3.63) is 71.2 Å². The van der Waals surface area contributed by atoms with Gasteiger partial charge in [0.25, 0.3) is 5.91 Å². The number of hydrogen-bond donors (Lipinski definition) is 1. The zero-order chi connectivity index (χ0) is 21.5. The number of fused-ring (bicyclic) bond motifs is 1. The first-order valence-electron chi connectivity index (χ1n) is 8.88. The average Bonchev–Trinajstić information content (AvgIpc) is 3.04. The smallest absolute Gasteiger partial charge is 0.305 e. The third-order valence-corrected chi connectivity index (χ3v) is 4.44. The first-order chi connectivity index (χ1) is 14.2. The molecule has 0 saturated heterocycles. The van der Waals surface area contributed by atoms with Crippen LogP contribution >= 0.6 is 0 Å². The zero-order valence-corrected chi connectivity index (χ0v) is 15.9. The van der Waals surface area contributed by atoms with Crippen molar-refractivity contribution in [1.29, 1.82) is 0 Å². The van der Waals surface area contributed by atoms with E-state index in [0.29, 0.717) is 11.4 Å². The van der Waals surface area contributed by atoms with Gasteiger partial charge in [-0.05, 0) is 38.1 Å². The van der Waals surface area contributed by atoms with Crippen LogP contribution in [0.15, 0.2) is 48.7 Å². The average molecular weight is 412 g/mol. The van der Waals surface area contributed by atoms with Crippen LogP contribution in [0.2, 0.25) is 0 Å². The van der Waals surface area contributed by atoms with Crippen molar-refractivity contribution in [1.82, 2.24) is 24.8 Å². The van der Waals surface area contributed by atoms with Gasteiger partial charge in [-0.3, -0.25) is 4.79 Å². The SMILES string of the molecule is Cc1ccc(NC(=O)c2c(C)nn3ccc(-c4ccccc4C(F)(F)F)nc23)nn1. The molecule has 0 spiro atoms. The number of aryl methyl sites for hydroxylation is 2. The Hall–Kier alpha value is -3.82. The largest absolute Gasteiger partial charge is 0.417 e. The lowest BCUT2D eigenvalue weighted by Gasteiger charge is -2.12. The monoisotopic (exact) mass is 412 g/mol. The number of alkyl halides is 3. The van der Waals surface area contributed by atoms with E-state index >= 15 is 0 Å². The van der Waals surface area contributed by atoms with Crippen molar-refractivity contribution < 1.29 is 18.0 Å². The summed E-state index contributed by atoms with van der Waals surface area (Å²) in [6.45, 7) is 3.38. The summed E-state index contributed by atoms with van der Waals surface area (Å²) in [4.78, 5) is 17.1. The minimum Gasteiger partial charge on any atom is -0.305 e. The van der Waals surface area contributed by atoms with E-state index in [0.717, 1.165) is 6.07 Å². The number of nitrogens with one attached hydrogen (secondary N) is 1. The van der Waals surface area contributed by atoms with Gasteiger partial charge in [-0.25, -0.2) is 9.50 Å². The predicted molar refractivity (Wildman–Crippen MR) is 103 cm³/mol. The van der Waals surface area contributed by atoms with Crippen molar-refractivity contribution in [2.75, 3.05) is 5.32 Å². The maximum atomic E-state index is 13.4. The minimum atomic E-state index is -4.54. The van der Waals surface area contributed by atoms with Crippen LogP contribution in [0.1, 0.15) is 27.3 Å². The maximum absolute atomic E-state index is 13.4. The second-order valence-corrected chi connectivity index (χ2v) is 6.60. The fourth-order valence-electron chi connectivity index (χ4n) is 3.05. The first-order valence-corrected chi connectivity index (χ1v) is 8.88. The predicted octanol–water partition coefficient (Wildman–Crippen LogP) is 4.07. The van der Waals surface area contributed by atoms with Gasteiger partial charge < -0.3 is 5.32 Å². The highest BCUT2D eigenvalue weighted by Crippen LogP contribution is 2.36. The normalized spacial score (nSPS) is 11.6. The van der Waals surface area contributed by atoms with Crippen LogP contribution < -0.4 is 5.32 Å². The molecular formula is C20H15F3N6O. The highest BCUT2D eigenvalue weighted by molar-refractivity contribution is 6.08. The molecule has 152 valence electrons. The Morgan fingerprint density at radius 3 is 2.50 bits per heavy atom. The molecule has 0 atom stereocenters. The van der Waals surface area contributed by atoms with E-state index in [1.165, 1.54) is 35.0 Å². The Morgan fingerprint density at radius 1 is 1.03 bits per heavy atom. The Bertz CT molecular complexity index is 1250. The van der Waals surface area contributed by atoms with Crippen molar-refractivity contribution in [3.8, 4) is 11.3 Å². The lowest BCUT2D eigenvalue weighted by atomic mass is 10.0. The van der Waals surface area contributed by atoms with Gasteiger partial charge in [-0.15, -0.1) is 5.10 Å². The molecule has 0 aliphatic carbocycles. The Labute approximate surface area is 168 Å². The fourth-order valence-corrected chi connectivity index (χ4v) is 3.05. The number of carbonyl (C=O) groups is 1. The van der Waals surface area contributed by atoms with E-state index in [1.807, 2.05) is 0 Å². The quantitative estimate of drug-likeness (QED) is 0.548. The zero-order valence-electron chi connectivity index (χ0n) is 15.9. The summed E-state index contributed by atoms with van der Waals surface area (Å²) in [7, 11) is 0. The Kier molecular flexibility index (Phi) is 4.69. The molecule has 10 heteroatoms. The van der Waals surface area contributed by atoms with Crippen molar-refractivity contribution in [2.45, 2.75) is 20.0 Å². The number of benzene rings is 1. The van der Waals surface area contributed by atoms with Crippen LogP contribution in [-0.2, 0) is 6.18 Å². The van der Waals surface area contributed by atoms with E-state index < -0.39 is 17.6 Å². The molecule has 4 rings (SSSR count). The van der Waals surface area contributed by atoms with E-state index in [9.17, 15) is 18.0 Å². The number of nitrogens with zero attached hydrogens (tertiary/aromatic N) is 5. The van der Waals surface area contributed by atoms with Crippen molar-refractivity contribution >= 4 is 17.4 Å². The number of hydrogen-bond acceptors (Lipinski definition) is 5. The van der Waals surface area contributed by atoms with Gasteiger partial charge in [0, 0.05) is 11.8 Å². The van der Waals surface area contributed by atoms with Gasteiger partial charge >= 0.3 is 6.18 Å². The minimum absolute atomic E-state index is 0.0814. The van der Waals surface area contributed by atoms with Crippen LogP contribution in [-0.4, -0.2) is 30.7 Å². The molecule has 0 aliphatic rings. The van der Waals surface area contributed by atoms with Crippen molar-refractivity contribution in [3.63, 3.8) is 0 Å². The van der Waals surface area contributed by atoms with E-state index in [4.69, 9.17) is 0 Å². The molecule has 0 saturated carbocycles. The highest BCUT2D eigenvalue weighted by Gasteiger charge is 2.33. The van der Waals surface area contributed by atoms with Gasteiger partial charge in [0.15, 0.2) is 11.5 Å². The number of halogens is 3. The topological polar surface area (TPSA) is 85.1 Å². The number of amides is 1. The highest BCUT2D eigenvalue weighted by atomic mass is 19.4. The van der Waals surface area contributed by atoms with Crippen molar-refractivity contribution in [2.24, 2.45) is 0 Å². The Morgan fingerprint density at radius 2 is 1.80 bits per heavy atom. The molecule has 0 radical (unpaired) electrons. The van der Waals surface area contributed by atoms with E-state index in [2.05, 4.69) is 25.6 Å².